The molecule has 3 rings (SSSR count). The van der Waals surface area contributed by atoms with Gasteiger partial charge in [0.05, 0.1) is 20.0 Å². The molecule has 0 spiro atoms. The number of esters is 1. The first-order chi connectivity index (χ1) is 12.6. The van der Waals surface area contributed by atoms with Gasteiger partial charge >= 0.3 is 5.97 Å². The van der Waals surface area contributed by atoms with Crippen LogP contribution in [0.3, 0.4) is 0 Å². The Kier molecular flexibility index (Phi) is 5.88. The molecule has 138 valence electrons. The van der Waals surface area contributed by atoms with E-state index in [1.54, 1.807) is 24.3 Å². The summed E-state index contributed by atoms with van der Waals surface area (Å²) < 4.78 is 16.0. The van der Waals surface area contributed by atoms with Crippen LogP contribution in [0.5, 0.6) is 5.75 Å². The van der Waals surface area contributed by atoms with Crippen molar-refractivity contribution in [2.24, 2.45) is 0 Å². The number of nitrogens with zero attached hydrogens (tertiary/aromatic N) is 1. The summed E-state index contributed by atoms with van der Waals surface area (Å²) in [5.41, 5.74) is 1.05. The lowest BCUT2D eigenvalue weighted by molar-refractivity contribution is -0.153. The molecule has 0 radical (unpaired) electrons. The second kappa shape index (κ2) is 8.31. The maximum atomic E-state index is 12.5. The number of ether oxygens (including phenoxy) is 2. The van der Waals surface area contributed by atoms with Gasteiger partial charge in [-0.2, -0.15) is 0 Å². The highest BCUT2D eigenvalue weighted by molar-refractivity contribution is 7.99. The summed E-state index contributed by atoms with van der Waals surface area (Å²) in [6.07, 6.45) is 2.17. The first-order valence-corrected chi connectivity index (χ1v) is 9.38. The van der Waals surface area contributed by atoms with E-state index in [1.165, 1.54) is 18.7 Å². The second-order valence-electron chi connectivity index (χ2n) is 5.91. The molecule has 1 fully saturated rings. The van der Waals surface area contributed by atoms with Crippen LogP contribution in [-0.2, 0) is 20.7 Å². The van der Waals surface area contributed by atoms with Gasteiger partial charge in [-0.1, -0.05) is 12.1 Å². The van der Waals surface area contributed by atoms with Gasteiger partial charge in [0, 0.05) is 19.1 Å². The van der Waals surface area contributed by atoms with E-state index in [9.17, 15) is 9.59 Å². The molecule has 7 heteroatoms. The third-order valence-electron chi connectivity index (χ3n) is 4.22. The Balaban J connectivity index is 1.57. The summed E-state index contributed by atoms with van der Waals surface area (Å²) >= 11 is 1.50. The van der Waals surface area contributed by atoms with Crippen LogP contribution in [0.15, 0.2) is 47.1 Å². The van der Waals surface area contributed by atoms with Gasteiger partial charge in [0.25, 0.3) is 0 Å². The topological polar surface area (TPSA) is 69.0 Å². The molecule has 1 saturated heterocycles. The summed E-state index contributed by atoms with van der Waals surface area (Å²) in [4.78, 5) is 26.1. The Bertz CT molecular complexity index is 744. The average molecular weight is 375 g/mol. The molecule has 0 N–H and O–H groups in total. The molecule has 0 saturated carbocycles. The van der Waals surface area contributed by atoms with Gasteiger partial charge in [0.2, 0.25) is 5.91 Å². The van der Waals surface area contributed by atoms with Crippen molar-refractivity contribution in [3.63, 3.8) is 0 Å². The lowest BCUT2D eigenvalue weighted by Gasteiger charge is -2.25. The van der Waals surface area contributed by atoms with Crippen molar-refractivity contribution in [2.45, 2.75) is 24.8 Å². The fraction of sp³-hybridized carbons (Fsp3) is 0.368. The molecule has 2 aromatic rings. The van der Waals surface area contributed by atoms with Gasteiger partial charge < -0.3 is 18.8 Å². The van der Waals surface area contributed by atoms with Gasteiger partial charge in [-0.3, -0.25) is 4.79 Å². The smallest absolute Gasteiger partial charge is 0.329 e. The maximum absolute atomic E-state index is 12.5. The van der Waals surface area contributed by atoms with E-state index in [2.05, 4.69) is 0 Å². The van der Waals surface area contributed by atoms with E-state index in [-0.39, 0.29) is 23.9 Å². The van der Waals surface area contributed by atoms with Crippen LogP contribution in [-0.4, -0.2) is 42.3 Å². The molecular weight excluding hydrogens is 354 g/mol. The van der Waals surface area contributed by atoms with Crippen molar-refractivity contribution in [3.8, 4) is 5.75 Å². The number of thioether (sulfide) groups is 1. The second-order valence-corrected chi connectivity index (χ2v) is 7.02. The van der Waals surface area contributed by atoms with Crippen LogP contribution >= 0.6 is 11.8 Å². The van der Waals surface area contributed by atoms with Crippen LogP contribution in [0.4, 0.5) is 0 Å². The van der Waals surface area contributed by atoms with Crippen molar-refractivity contribution >= 4 is 23.6 Å². The number of rotatable bonds is 6. The lowest BCUT2D eigenvalue weighted by atomic mass is 10.1. The summed E-state index contributed by atoms with van der Waals surface area (Å²) in [6, 6.07) is 10.6. The summed E-state index contributed by atoms with van der Waals surface area (Å²) in [6.45, 7) is 1.73. The zero-order valence-corrected chi connectivity index (χ0v) is 15.5. The summed E-state index contributed by atoms with van der Waals surface area (Å²) in [5.74, 6) is 1.39. The third kappa shape index (κ3) is 4.04. The van der Waals surface area contributed by atoms with E-state index in [1.807, 2.05) is 30.3 Å². The van der Waals surface area contributed by atoms with Crippen LogP contribution in [0.1, 0.15) is 23.6 Å². The molecule has 6 nitrogen and oxygen atoms in total. The van der Waals surface area contributed by atoms with Crippen LogP contribution in [0, 0.1) is 0 Å². The SMILES string of the molecule is COc1ccc(CCOC(=O)[C@@H]2CS[C@H](c3ccco3)N2C(C)=O)cc1. The minimum Gasteiger partial charge on any atom is -0.497 e. The highest BCUT2D eigenvalue weighted by Gasteiger charge is 2.43. The zero-order valence-electron chi connectivity index (χ0n) is 14.7. The minimum atomic E-state index is -0.594. The highest BCUT2D eigenvalue weighted by Crippen LogP contribution is 2.41. The molecule has 1 aliphatic heterocycles. The molecule has 1 aromatic carbocycles. The molecule has 2 heterocycles. The van der Waals surface area contributed by atoms with Crippen LogP contribution in [0.25, 0.3) is 0 Å². The van der Waals surface area contributed by atoms with Gasteiger partial charge in [0.15, 0.2) is 0 Å². The van der Waals surface area contributed by atoms with Crippen molar-refractivity contribution in [1.29, 1.82) is 0 Å². The monoisotopic (exact) mass is 375 g/mol. The molecule has 0 aliphatic carbocycles. The fourth-order valence-electron chi connectivity index (χ4n) is 2.88. The molecule has 0 unspecified atom stereocenters. The summed E-state index contributed by atoms with van der Waals surface area (Å²) in [7, 11) is 1.62. The highest BCUT2D eigenvalue weighted by atomic mass is 32.2. The van der Waals surface area contributed by atoms with Gasteiger partial charge in [0.1, 0.15) is 22.9 Å². The van der Waals surface area contributed by atoms with Crippen molar-refractivity contribution < 1.29 is 23.5 Å². The molecular formula is C19H21NO5S. The first kappa shape index (κ1) is 18.4. The number of amides is 1. The Labute approximate surface area is 156 Å². The molecule has 1 aliphatic rings. The number of hydrogen-bond acceptors (Lipinski definition) is 6. The first-order valence-electron chi connectivity index (χ1n) is 8.33. The van der Waals surface area contributed by atoms with E-state index < -0.39 is 6.04 Å². The third-order valence-corrected chi connectivity index (χ3v) is 5.50. The predicted octanol–water partition coefficient (Wildman–Crippen LogP) is 3.04. The number of carbonyl (C=O) groups excluding carboxylic acids is 2. The van der Waals surface area contributed by atoms with Crippen LogP contribution < -0.4 is 4.74 Å². The largest absolute Gasteiger partial charge is 0.497 e. The van der Waals surface area contributed by atoms with Crippen molar-refractivity contribution in [2.75, 3.05) is 19.5 Å². The quantitative estimate of drug-likeness (QED) is 0.723. The summed E-state index contributed by atoms with van der Waals surface area (Å²) in [5, 5.41) is -0.290. The Morgan fingerprint density at radius 1 is 1.27 bits per heavy atom. The van der Waals surface area contributed by atoms with Crippen molar-refractivity contribution in [1.82, 2.24) is 4.90 Å². The molecule has 1 amide bonds. The number of furan rings is 1. The normalized spacial score (nSPS) is 19.4. The Morgan fingerprint density at radius 3 is 2.65 bits per heavy atom. The Morgan fingerprint density at radius 2 is 2.04 bits per heavy atom. The number of benzene rings is 1. The number of carbonyl (C=O) groups is 2. The lowest BCUT2D eigenvalue weighted by Crippen LogP contribution is -2.42. The average Bonchev–Trinajstić information content (AvgIpc) is 3.31. The molecule has 26 heavy (non-hydrogen) atoms. The molecule has 2 atom stereocenters. The zero-order chi connectivity index (χ0) is 18.5. The molecule has 0 bridgehead atoms. The van der Waals surface area contributed by atoms with Gasteiger partial charge in [-0.05, 0) is 29.8 Å². The van der Waals surface area contributed by atoms with E-state index >= 15 is 0 Å². The van der Waals surface area contributed by atoms with Gasteiger partial charge in [-0.25, -0.2) is 4.79 Å². The van der Waals surface area contributed by atoms with E-state index in [0.29, 0.717) is 17.9 Å². The number of hydrogen-bond donors (Lipinski definition) is 0. The Hall–Kier alpha value is -2.41. The maximum Gasteiger partial charge on any atom is 0.329 e. The number of methoxy groups -OCH3 is 1. The van der Waals surface area contributed by atoms with Crippen molar-refractivity contribution in [3.05, 3.63) is 54.0 Å². The fourth-order valence-corrected chi connectivity index (χ4v) is 4.30. The van der Waals surface area contributed by atoms with Gasteiger partial charge in [-0.15, -0.1) is 11.8 Å². The predicted molar refractivity (Wildman–Crippen MR) is 97.9 cm³/mol. The van der Waals surface area contributed by atoms with Crippen LogP contribution in [0.2, 0.25) is 0 Å². The van der Waals surface area contributed by atoms with E-state index in [0.717, 1.165) is 11.3 Å². The molecule has 1 aromatic heterocycles. The standard InChI is InChI=1S/C19H21NO5S/c1-13(21)20-16(12-26-18(20)17-4-3-10-24-17)19(22)25-11-9-14-5-7-15(23-2)8-6-14/h3-8,10,16,18H,9,11-12H2,1-2H3/t16-,18+/m0/s1. The van der Waals surface area contributed by atoms with E-state index in [4.69, 9.17) is 13.9 Å². The minimum absolute atomic E-state index is 0.173.